The van der Waals surface area contributed by atoms with Crippen LogP contribution in [0.2, 0.25) is 0 Å². The second-order valence-corrected chi connectivity index (χ2v) is 5.38. The molecule has 1 nitrogen and oxygen atoms in total. The van der Waals surface area contributed by atoms with E-state index in [0.29, 0.717) is 28.2 Å². The molecule has 0 saturated carbocycles. The first-order valence-corrected chi connectivity index (χ1v) is 6.50. The van der Waals surface area contributed by atoms with Gasteiger partial charge in [-0.15, -0.1) is 0 Å². The molecule has 0 unspecified atom stereocenters. The zero-order chi connectivity index (χ0) is 14.0. The summed E-state index contributed by atoms with van der Waals surface area (Å²) in [6, 6.07) is 4.83. The van der Waals surface area contributed by atoms with E-state index < -0.39 is 11.7 Å². The van der Waals surface area contributed by atoms with Crippen LogP contribution >= 0.6 is 23.4 Å². The topological polar surface area (TPSA) is 17.1 Å². The summed E-state index contributed by atoms with van der Waals surface area (Å²) in [5.41, 5.74) is -0.0524. The summed E-state index contributed by atoms with van der Waals surface area (Å²) in [6.07, 6.45) is -1.48. The molecule has 0 aromatic heterocycles. The molecular weight excluding hydrogens is 297 g/mol. The lowest BCUT2D eigenvalue weighted by molar-refractivity contribution is -0.137. The molecule has 0 fully saturated rings. The number of carbonyl (C=O) groups excluding carboxylic acids is 1. The van der Waals surface area contributed by atoms with Crippen molar-refractivity contribution in [3.8, 4) is 0 Å². The van der Waals surface area contributed by atoms with Crippen LogP contribution in [0.15, 0.2) is 40.3 Å². The molecule has 0 N–H and O–H groups in total. The van der Waals surface area contributed by atoms with Crippen molar-refractivity contribution in [2.24, 2.45) is 0 Å². The smallest absolute Gasteiger partial charge is 0.297 e. The van der Waals surface area contributed by atoms with Gasteiger partial charge in [0.15, 0.2) is 6.29 Å². The summed E-state index contributed by atoms with van der Waals surface area (Å²) < 4.78 is 37.3. The van der Waals surface area contributed by atoms with Crippen molar-refractivity contribution in [3.63, 3.8) is 0 Å². The molecule has 1 aromatic rings. The first kappa shape index (κ1) is 14.2. The highest BCUT2D eigenvalue weighted by molar-refractivity contribution is 8.12. The SMILES string of the molecule is O=CC1=C(Cl)CC=C(c2ccc(C(F)(F)F)cc2)S1. The van der Waals surface area contributed by atoms with E-state index in [4.69, 9.17) is 11.6 Å². The fourth-order valence-corrected chi connectivity index (χ4v) is 2.72. The Morgan fingerprint density at radius 1 is 1.21 bits per heavy atom. The minimum Gasteiger partial charge on any atom is -0.297 e. The van der Waals surface area contributed by atoms with Crippen molar-refractivity contribution < 1.29 is 18.0 Å². The van der Waals surface area contributed by atoms with Crippen LogP contribution in [-0.4, -0.2) is 6.29 Å². The van der Waals surface area contributed by atoms with E-state index in [-0.39, 0.29) is 0 Å². The van der Waals surface area contributed by atoms with Crippen LogP contribution in [0.25, 0.3) is 4.91 Å². The van der Waals surface area contributed by atoms with Crippen molar-refractivity contribution in [1.82, 2.24) is 0 Å². The van der Waals surface area contributed by atoms with Crippen LogP contribution in [0.5, 0.6) is 0 Å². The third-order valence-electron chi connectivity index (χ3n) is 2.56. The Morgan fingerprint density at radius 3 is 2.37 bits per heavy atom. The lowest BCUT2D eigenvalue weighted by Gasteiger charge is -2.14. The van der Waals surface area contributed by atoms with Crippen molar-refractivity contribution in [3.05, 3.63) is 51.4 Å². The highest BCUT2D eigenvalue weighted by atomic mass is 35.5. The maximum atomic E-state index is 12.4. The zero-order valence-corrected chi connectivity index (χ0v) is 11.1. The van der Waals surface area contributed by atoms with Gasteiger partial charge in [0, 0.05) is 16.4 Å². The third-order valence-corrected chi connectivity index (χ3v) is 4.21. The van der Waals surface area contributed by atoms with Gasteiger partial charge in [0.25, 0.3) is 0 Å². The van der Waals surface area contributed by atoms with E-state index in [1.165, 1.54) is 23.9 Å². The van der Waals surface area contributed by atoms with E-state index in [2.05, 4.69) is 0 Å². The Balaban J connectivity index is 2.23. The van der Waals surface area contributed by atoms with Crippen molar-refractivity contribution in [2.75, 3.05) is 0 Å². The van der Waals surface area contributed by atoms with Crippen LogP contribution in [0.4, 0.5) is 13.2 Å². The molecule has 0 amide bonds. The van der Waals surface area contributed by atoms with Gasteiger partial charge in [-0.3, -0.25) is 4.79 Å². The Hall–Kier alpha value is -1.20. The summed E-state index contributed by atoms with van der Waals surface area (Å²) in [6.45, 7) is 0. The number of allylic oxidation sites excluding steroid dienone is 3. The van der Waals surface area contributed by atoms with Gasteiger partial charge in [0.1, 0.15) is 0 Å². The molecular formula is C13H8ClF3OS. The summed E-state index contributed by atoms with van der Waals surface area (Å²) in [7, 11) is 0. The van der Waals surface area contributed by atoms with Gasteiger partial charge in [-0.25, -0.2) is 0 Å². The molecule has 6 heteroatoms. The molecule has 100 valence electrons. The minimum absolute atomic E-state index is 0.402. The van der Waals surface area contributed by atoms with Crippen LogP contribution < -0.4 is 0 Å². The van der Waals surface area contributed by atoms with Crippen molar-refractivity contribution in [2.45, 2.75) is 12.6 Å². The maximum absolute atomic E-state index is 12.4. The summed E-state index contributed by atoms with van der Waals surface area (Å²) >= 11 is 7.02. The molecule has 2 rings (SSSR count). The van der Waals surface area contributed by atoms with E-state index in [1.807, 2.05) is 0 Å². The van der Waals surface area contributed by atoms with Gasteiger partial charge >= 0.3 is 6.18 Å². The predicted octanol–water partition coefficient (Wildman–Crippen LogP) is 4.83. The predicted molar refractivity (Wildman–Crippen MR) is 70.6 cm³/mol. The largest absolute Gasteiger partial charge is 0.416 e. The number of benzene rings is 1. The van der Waals surface area contributed by atoms with Gasteiger partial charge in [0.2, 0.25) is 0 Å². The quantitative estimate of drug-likeness (QED) is 0.728. The summed E-state index contributed by atoms with van der Waals surface area (Å²) in [5.74, 6) is 0. The van der Waals surface area contributed by atoms with Gasteiger partial charge in [-0.2, -0.15) is 13.2 Å². The van der Waals surface area contributed by atoms with Crippen molar-refractivity contribution in [1.29, 1.82) is 0 Å². The van der Waals surface area contributed by atoms with Gasteiger partial charge in [0.05, 0.1) is 10.5 Å². The maximum Gasteiger partial charge on any atom is 0.416 e. The van der Waals surface area contributed by atoms with E-state index in [1.54, 1.807) is 6.08 Å². The molecule has 0 aliphatic carbocycles. The highest BCUT2D eigenvalue weighted by Gasteiger charge is 2.30. The normalized spacial score (nSPS) is 16.3. The molecule has 1 aliphatic heterocycles. The highest BCUT2D eigenvalue weighted by Crippen LogP contribution is 2.41. The Bertz CT molecular complexity index is 558. The Labute approximate surface area is 117 Å². The molecule has 0 bridgehead atoms. The van der Waals surface area contributed by atoms with E-state index >= 15 is 0 Å². The average Bonchev–Trinajstić information content (AvgIpc) is 2.38. The fraction of sp³-hybridized carbons (Fsp3) is 0.154. The third kappa shape index (κ3) is 3.22. The first-order valence-electron chi connectivity index (χ1n) is 5.31. The van der Waals surface area contributed by atoms with Gasteiger partial charge < -0.3 is 0 Å². The van der Waals surface area contributed by atoms with Crippen molar-refractivity contribution >= 4 is 34.6 Å². The average molecular weight is 305 g/mol. The number of thioether (sulfide) groups is 1. The number of hydrogen-bond donors (Lipinski definition) is 0. The molecule has 1 aliphatic rings. The number of alkyl halides is 3. The molecule has 1 heterocycles. The summed E-state index contributed by atoms with van der Waals surface area (Å²) in [5, 5.41) is 0.454. The lowest BCUT2D eigenvalue weighted by atomic mass is 10.1. The Kier molecular flexibility index (Phi) is 4.06. The molecule has 0 saturated heterocycles. The molecule has 0 radical (unpaired) electrons. The van der Waals surface area contributed by atoms with Crippen LogP contribution in [0.1, 0.15) is 17.5 Å². The molecule has 19 heavy (non-hydrogen) atoms. The Morgan fingerprint density at radius 2 is 1.84 bits per heavy atom. The number of aldehydes is 1. The van der Waals surface area contributed by atoms with Gasteiger partial charge in [-0.1, -0.05) is 41.6 Å². The van der Waals surface area contributed by atoms with Crippen LogP contribution in [0.3, 0.4) is 0 Å². The van der Waals surface area contributed by atoms with Gasteiger partial charge in [-0.05, 0) is 17.7 Å². The molecule has 1 aromatic carbocycles. The monoisotopic (exact) mass is 304 g/mol. The lowest BCUT2D eigenvalue weighted by Crippen LogP contribution is -2.04. The fourth-order valence-electron chi connectivity index (χ4n) is 1.59. The number of halogens is 4. The van der Waals surface area contributed by atoms with E-state index in [9.17, 15) is 18.0 Å². The second-order valence-electron chi connectivity index (χ2n) is 3.84. The summed E-state index contributed by atoms with van der Waals surface area (Å²) in [4.78, 5) is 11.9. The number of hydrogen-bond acceptors (Lipinski definition) is 2. The van der Waals surface area contributed by atoms with E-state index in [0.717, 1.165) is 17.0 Å². The van der Waals surface area contributed by atoms with Crippen LogP contribution in [-0.2, 0) is 11.0 Å². The van der Waals surface area contributed by atoms with Crippen LogP contribution in [0, 0.1) is 0 Å². The number of carbonyl (C=O) groups is 1. The first-order chi connectivity index (χ1) is 8.91. The molecule has 0 spiro atoms. The zero-order valence-electron chi connectivity index (χ0n) is 9.50. The standard InChI is InChI=1S/C13H8ClF3OS/c14-10-5-6-11(19-12(10)7-18)8-1-3-9(4-2-8)13(15,16)17/h1-4,6-7H,5H2. The minimum atomic E-state index is -4.34. The second kappa shape index (κ2) is 5.43. The molecule has 0 atom stereocenters. The number of rotatable bonds is 2.